The molecule has 9 heteroatoms. The van der Waals surface area contributed by atoms with Gasteiger partial charge in [-0.2, -0.15) is 5.10 Å². The van der Waals surface area contributed by atoms with Gasteiger partial charge in [0.15, 0.2) is 0 Å². The lowest BCUT2D eigenvalue weighted by Crippen LogP contribution is -2.29. The van der Waals surface area contributed by atoms with Gasteiger partial charge in [0.25, 0.3) is 5.56 Å². The number of amides is 1. The SMILES string of the molecule is CCN(C(=O)O)c1nc2ccc(-c3cc(Cc4n[nH]c(=O)c5ccccc45)ccc3Cl)cc2[nH]1. The van der Waals surface area contributed by atoms with E-state index in [-0.39, 0.29) is 18.1 Å². The molecule has 5 rings (SSSR count). The number of aromatic nitrogens is 4. The number of carboxylic acid groups (broad SMARTS) is 1. The fourth-order valence-electron chi connectivity index (χ4n) is 4.07. The van der Waals surface area contributed by atoms with E-state index in [9.17, 15) is 14.7 Å². The Morgan fingerprint density at radius 2 is 1.88 bits per heavy atom. The molecule has 0 aliphatic carbocycles. The van der Waals surface area contributed by atoms with Gasteiger partial charge in [0.2, 0.25) is 5.95 Å². The number of hydrogen-bond donors (Lipinski definition) is 3. The Morgan fingerprint density at radius 3 is 2.65 bits per heavy atom. The number of halogens is 1. The molecule has 2 aromatic heterocycles. The van der Waals surface area contributed by atoms with Crippen molar-refractivity contribution in [3.8, 4) is 11.1 Å². The number of imidazole rings is 1. The fraction of sp³-hybridized carbons (Fsp3) is 0.120. The van der Waals surface area contributed by atoms with E-state index >= 15 is 0 Å². The Balaban J connectivity index is 1.53. The van der Waals surface area contributed by atoms with Gasteiger partial charge in [-0.05, 0) is 48.4 Å². The maximum Gasteiger partial charge on any atom is 0.414 e. The van der Waals surface area contributed by atoms with Gasteiger partial charge in [0, 0.05) is 28.9 Å². The third kappa shape index (κ3) is 3.88. The third-order valence-electron chi connectivity index (χ3n) is 5.76. The Morgan fingerprint density at radius 1 is 1.09 bits per heavy atom. The molecule has 1 amide bonds. The van der Waals surface area contributed by atoms with Crippen molar-refractivity contribution in [2.24, 2.45) is 0 Å². The lowest BCUT2D eigenvalue weighted by Gasteiger charge is -2.12. The summed E-state index contributed by atoms with van der Waals surface area (Å²) in [5.74, 6) is 0.276. The smallest absolute Gasteiger partial charge is 0.414 e. The minimum absolute atomic E-state index is 0.215. The Kier molecular flexibility index (Phi) is 5.51. The van der Waals surface area contributed by atoms with E-state index in [4.69, 9.17) is 11.6 Å². The molecule has 34 heavy (non-hydrogen) atoms. The van der Waals surface area contributed by atoms with Crippen LogP contribution in [-0.2, 0) is 6.42 Å². The van der Waals surface area contributed by atoms with Gasteiger partial charge >= 0.3 is 6.09 Å². The summed E-state index contributed by atoms with van der Waals surface area (Å²) in [6, 6.07) is 18.8. The highest BCUT2D eigenvalue weighted by atomic mass is 35.5. The summed E-state index contributed by atoms with van der Waals surface area (Å²) in [5.41, 5.74) is 4.61. The summed E-state index contributed by atoms with van der Waals surface area (Å²) >= 11 is 6.55. The number of anilines is 1. The number of nitrogens with zero attached hydrogens (tertiary/aromatic N) is 3. The Labute approximate surface area is 198 Å². The van der Waals surface area contributed by atoms with Crippen molar-refractivity contribution in [2.75, 3.05) is 11.4 Å². The summed E-state index contributed by atoms with van der Waals surface area (Å²) < 4.78 is 0. The van der Waals surface area contributed by atoms with Crippen LogP contribution in [0.25, 0.3) is 32.9 Å². The van der Waals surface area contributed by atoms with Crippen LogP contribution in [0.4, 0.5) is 10.7 Å². The van der Waals surface area contributed by atoms with Gasteiger partial charge in [-0.3, -0.25) is 4.79 Å². The fourth-order valence-corrected chi connectivity index (χ4v) is 4.30. The van der Waals surface area contributed by atoms with Gasteiger partial charge in [0.05, 0.1) is 22.1 Å². The summed E-state index contributed by atoms with van der Waals surface area (Å²) in [6.45, 7) is 2.03. The molecule has 0 spiro atoms. The maximum absolute atomic E-state index is 12.1. The molecule has 0 saturated heterocycles. The lowest BCUT2D eigenvalue weighted by atomic mass is 9.99. The van der Waals surface area contributed by atoms with Crippen molar-refractivity contribution in [1.29, 1.82) is 0 Å². The minimum Gasteiger partial charge on any atom is -0.465 e. The summed E-state index contributed by atoms with van der Waals surface area (Å²) in [5, 5.41) is 18.2. The molecule has 0 saturated carbocycles. The van der Waals surface area contributed by atoms with Gasteiger partial charge in [-0.15, -0.1) is 0 Å². The van der Waals surface area contributed by atoms with E-state index in [2.05, 4.69) is 20.2 Å². The average molecular weight is 474 g/mol. The van der Waals surface area contributed by atoms with E-state index < -0.39 is 6.09 Å². The molecule has 0 fully saturated rings. The van der Waals surface area contributed by atoms with Crippen molar-refractivity contribution in [3.05, 3.63) is 87.3 Å². The molecule has 0 aliphatic rings. The average Bonchev–Trinajstić information content (AvgIpc) is 3.25. The second-order valence-electron chi connectivity index (χ2n) is 7.86. The number of fused-ring (bicyclic) bond motifs is 2. The Bertz CT molecular complexity index is 1610. The molecule has 3 N–H and O–H groups in total. The predicted molar refractivity (Wildman–Crippen MR) is 133 cm³/mol. The van der Waals surface area contributed by atoms with Crippen molar-refractivity contribution >= 4 is 45.4 Å². The normalized spacial score (nSPS) is 11.2. The number of H-pyrrole nitrogens is 2. The molecular weight excluding hydrogens is 454 g/mol. The predicted octanol–water partition coefficient (Wildman–Crippen LogP) is 5.21. The van der Waals surface area contributed by atoms with E-state index in [0.29, 0.717) is 27.9 Å². The van der Waals surface area contributed by atoms with E-state index in [1.807, 2.05) is 54.6 Å². The number of benzene rings is 3. The van der Waals surface area contributed by atoms with Crippen molar-refractivity contribution in [1.82, 2.24) is 20.2 Å². The topological polar surface area (TPSA) is 115 Å². The van der Waals surface area contributed by atoms with Gasteiger partial charge < -0.3 is 10.1 Å². The highest BCUT2D eigenvalue weighted by Crippen LogP contribution is 2.32. The zero-order valence-corrected chi connectivity index (χ0v) is 18.9. The first-order valence-electron chi connectivity index (χ1n) is 10.7. The largest absolute Gasteiger partial charge is 0.465 e. The molecule has 8 nitrogen and oxygen atoms in total. The highest BCUT2D eigenvalue weighted by molar-refractivity contribution is 6.33. The second-order valence-corrected chi connectivity index (χ2v) is 8.26. The molecular formula is C25H20ClN5O3. The molecule has 0 radical (unpaired) electrons. The van der Waals surface area contributed by atoms with E-state index in [1.165, 1.54) is 0 Å². The highest BCUT2D eigenvalue weighted by Gasteiger charge is 2.17. The van der Waals surface area contributed by atoms with Crippen molar-refractivity contribution < 1.29 is 9.90 Å². The van der Waals surface area contributed by atoms with Gasteiger partial charge in [-0.1, -0.05) is 41.9 Å². The molecule has 170 valence electrons. The first-order chi connectivity index (χ1) is 16.4. The summed E-state index contributed by atoms with van der Waals surface area (Å²) in [7, 11) is 0. The lowest BCUT2D eigenvalue weighted by molar-refractivity contribution is 0.202. The zero-order chi connectivity index (χ0) is 23.8. The molecule has 2 heterocycles. The van der Waals surface area contributed by atoms with Gasteiger partial charge in [-0.25, -0.2) is 19.8 Å². The van der Waals surface area contributed by atoms with Crippen LogP contribution in [0.2, 0.25) is 5.02 Å². The Hall–Kier alpha value is -4.17. The van der Waals surface area contributed by atoms with E-state index in [1.54, 1.807) is 13.0 Å². The summed E-state index contributed by atoms with van der Waals surface area (Å²) in [6.07, 6.45) is -0.553. The number of aromatic amines is 2. The van der Waals surface area contributed by atoms with Crippen LogP contribution in [0.15, 0.2) is 65.5 Å². The third-order valence-corrected chi connectivity index (χ3v) is 6.09. The molecule has 3 aromatic carbocycles. The molecule has 5 aromatic rings. The number of carbonyl (C=O) groups is 1. The molecule has 0 atom stereocenters. The first-order valence-corrected chi connectivity index (χ1v) is 11.1. The number of hydrogen-bond acceptors (Lipinski definition) is 4. The van der Waals surface area contributed by atoms with E-state index in [0.717, 1.165) is 32.7 Å². The number of nitrogens with one attached hydrogen (secondary N) is 2. The quantitative estimate of drug-likeness (QED) is 0.324. The van der Waals surface area contributed by atoms with Crippen LogP contribution in [-0.4, -0.2) is 37.9 Å². The minimum atomic E-state index is -1.07. The summed E-state index contributed by atoms with van der Waals surface area (Å²) in [4.78, 5) is 32.2. The maximum atomic E-state index is 12.1. The zero-order valence-electron chi connectivity index (χ0n) is 18.2. The molecule has 0 aliphatic heterocycles. The second kappa shape index (κ2) is 8.64. The number of rotatable bonds is 5. The van der Waals surface area contributed by atoms with Crippen molar-refractivity contribution in [2.45, 2.75) is 13.3 Å². The first kappa shape index (κ1) is 21.7. The standard InChI is InChI=1S/C25H20ClN5O3/c1-2-31(25(33)34)24-27-20-10-8-15(13-22(20)28-24)18-11-14(7-9-19(18)26)12-21-16-5-3-4-6-17(16)23(32)30-29-21/h3-11,13H,2,12H2,1H3,(H,27,28)(H,30,32)(H,33,34). The van der Waals surface area contributed by atoms with Crippen LogP contribution < -0.4 is 10.5 Å². The monoisotopic (exact) mass is 473 g/mol. The molecule has 0 bridgehead atoms. The van der Waals surface area contributed by atoms with Gasteiger partial charge in [0.1, 0.15) is 0 Å². The van der Waals surface area contributed by atoms with Crippen molar-refractivity contribution in [3.63, 3.8) is 0 Å². The molecule has 0 unspecified atom stereocenters. The van der Waals surface area contributed by atoms with Crippen LogP contribution in [0, 0.1) is 0 Å². The van der Waals surface area contributed by atoms with Crippen LogP contribution in [0.5, 0.6) is 0 Å². The van der Waals surface area contributed by atoms with Crippen LogP contribution in [0.3, 0.4) is 0 Å². The van der Waals surface area contributed by atoms with Crippen LogP contribution >= 0.6 is 11.6 Å². The van der Waals surface area contributed by atoms with Crippen LogP contribution in [0.1, 0.15) is 18.2 Å².